The Hall–Kier alpha value is -2.83. The Morgan fingerprint density at radius 1 is 1.30 bits per heavy atom. The summed E-state index contributed by atoms with van der Waals surface area (Å²) < 4.78 is 18.6. The average molecular weight is 315 g/mol. The molecule has 7 heteroatoms. The van der Waals surface area contributed by atoms with E-state index in [0.29, 0.717) is 17.0 Å². The molecule has 2 N–H and O–H groups in total. The third-order valence-electron chi connectivity index (χ3n) is 3.22. The Kier molecular flexibility index (Phi) is 5.35. The van der Waals surface area contributed by atoms with Crippen molar-refractivity contribution in [3.63, 3.8) is 0 Å². The number of nitrogens with two attached hydrogens (primary N) is 1. The first kappa shape index (κ1) is 16.5. The number of hydrogen-bond acceptors (Lipinski definition) is 6. The van der Waals surface area contributed by atoms with Crippen molar-refractivity contribution in [2.75, 3.05) is 6.61 Å². The van der Waals surface area contributed by atoms with Gasteiger partial charge in [0.25, 0.3) is 0 Å². The Bertz CT molecular complexity index is 758. The first-order valence-corrected chi connectivity index (χ1v) is 6.99. The van der Waals surface area contributed by atoms with Gasteiger partial charge in [-0.3, -0.25) is 4.99 Å². The van der Waals surface area contributed by atoms with Gasteiger partial charge in [0.05, 0.1) is 11.9 Å². The van der Waals surface area contributed by atoms with E-state index in [2.05, 4.69) is 20.1 Å². The molecule has 1 aromatic heterocycles. The maximum atomic E-state index is 13.2. The zero-order valence-electron chi connectivity index (χ0n) is 13.2. The fourth-order valence-corrected chi connectivity index (χ4v) is 1.68. The van der Waals surface area contributed by atoms with Crippen LogP contribution in [0.1, 0.15) is 16.8 Å². The number of rotatable bonds is 5. The Labute approximate surface area is 133 Å². The van der Waals surface area contributed by atoms with Crippen LogP contribution in [0.25, 0.3) is 0 Å². The number of benzene rings is 1. The molecule has 0 spiro atoms. The lowest BCUT2D eigenvalue weighted by atomic mass is 10.2. The number of aryl methyl sites for hydroxylation is 3. The summed E-state index contributed by atoms with van der Waals surface area (Å²) in [6.07, 6.45) is 3.15. The molecule has 6 nitrogen and oxygen atoms in total. The molecule has 1 heterocycles. The molecule has 1 aromatic carbocycles. The zero-order chi connectivity index (χ0) is 16.8. The van der Waals surface area contributed by atoms with E-state index < -0.39 is 0 Å². The summed E-state index contributed by atoms with van der Waals surface area (Å²) in [5.74, 6) is 5.05. The first-order chi connectivity index (χ1) is 11.0. The number of hydrogen-bond donors (Lipinski definition) is 1. The zero-order valence-corrected chi connectivity index (χ0v) is 13.2. The van der Waals surface area contributed by atoms with Crippen LogP contribution in [-0.2, 0) is 0 Å². The van der Waals surface area contributed by atoms with Crippen LogP contribution in [0.15, 0.2) is 34.5 Å². The van der Waals surface area contributed by atoms with Crippen LogP contribution >= 0.6 is 0 Å². The van der Waals surface area contributed by atoms with E-state index >= 15 is 0 Å². The molecule has 0 radical (unpaired) electrons. The molecule has 120 valence electrons. The summed E-state index contributed by atoms with van der Waals surface area (Å²) in [5.41, 5.74) is 3.36. The summed E-state index contributed by atoms with van der Waals surface area (Å²) in [4.78, 5) is 12.5. The van der Waals surface area contributed by atoms with Gasteiger partial charge in [-0.25, -0.2) is 14.4 Å². The predicted octanol–water partition coefficient (Wildman–Crippen LogP) is 2.64. The van der Waals surface area contributed by atoms with Crippen LogP contribution in [0.3, 0.4) is 0 Å². The third-order valence-corrected chi connectivity index (χ3v) is 3.22. The number of aliphatic imine (C=N–C) groups is 1. The van der Waals surface area contributed by atoms with Gasteiger partial charge in [-0.15, -0.1) is 0 Å². The van der Waals surface area contributed by atoms with Gasteiger partial charge >= 0.3 is 6.01 Å². The molecular weight excluding hydrogens is 297 g/mol. The van der Waals surface area contributed by atoms with Crippen molar-refractivity contribution < 1.29 is 9.13 Å². The topological polar surface area (TPSA) is 85.8 Å². The molecule has 2 aromatic rings. The maximum Gasteiger partial charge on any atom is 0.316 e. The van der Waals surface area contributed by atoms with Crippen LogP contribution < -0.4 is 10.6 Å². The molecule has 0 aliphatic rings. The minimum Gasteiger partial charge on any atom is -0.457 e. The summed E-state index contributed by atoms with van der Waals surface area (Å²) in [6.45, 7) is 5.55. The summed E-state index contributed by atoms with van der Waals surface area (Å²) >= 11 is 0. The van der Waals surface area contributed by atoms with E-state index in [9.17, 15) is 4.39 Å². The van der Waals surface area contributed by atoms with E-state index in [1.165, 1.54) is 12.3 Å². The van der Waals surface area contributed by atoms with Gasteiger partial charge in [0, 0.05) is 11.9 Å². The molecular formula is C16H18FN5O. The SMILES string of the molecule is Cc1cc(N=CC(COc2ncc(C)c(C)n2)=NN)ccc1F. The number of ether oxygens (including phenoxy) is 1. The number of hydrazone groups is 1. The second kappa shape index (κ2) is 7.44. The van der Waals surface area contributed by atoms with E-state index in [0.717, 1.165) is 11.3 Å². The van der Waals surface area contributed by atoms with Gasteiger partial charge in [-0.1, -0.05) is 0 Å². The van der Waals surface area contributed by atoms with Gasteiger partial charge in [0.1, 0.15) is 18.1 Å². The lowest BCUT2D eigenvalue weighted by Gasteiger charge is -2.05. The van der Waals surface area contributed by atoms with Gasteiger partial charge in [0.15, 0.2) is 0 Å². The predicted molar refractivity (Wildman–Crippen MR) is 87.9 cm³/mol. The molecule has 0 aliphatic carbocycles. The van der Waals surface area contributed by atoms with Crippen LogP contribution in [0, 0.1) is 26.6 Å². The molecule has 0 saturated heterocycles. The lowest BCUT2D eigenvalue weighted by molar-refractivity contribution is 0.345. The summed E-state index contributed by atoms with van der Waals surface area (Å²) in [7, 11) is 0. The number of nitrogens with zero attached hydrogens (tertiary/aromatic N) is 4. The molecule has 0 saturated carbocycles. The Morgan fingerprint density at radius 2 is 2.09 bits per heavy atom. The highest BCUT2D eigenvalue weighted by molar-refractivity contribution is 6.31. The van der Waals surface area contributed by atoms with E-state index in [-0.39, 0.29) is 18.4 Å². The summed E-state index contributed by atoms with van der Waals surface area (Å²) in [5, 5.41) is 3.61. The quantitative estimate of drug-likeness (QED) is 0.522. The summed E-state index contributed by atoms with van der Waals surface area (Å²) in [6, 6.07) is 4.81. The Balaban J connectivity index is 2.01. The molecule has 0 bridgehead atoms. The maximum absolute atomic E-state index is 13.2. The van der Waals surface area contributed by atoms with Crippen molar-refractivity contribution in [2.24, 2.45) is 15.9 Å². The highest BCUT2D eigenvalue weighted by atomic mass is 19.1. The molecule has 0 atom stereocenters. The van der Waals surface area contributed by atoms with Gasteiger partial charge in [-0.2, -0.15) is 5.10 Å². The molecule has 0 amide bonds. The van der Waals surface area contributed by atoms with Crippen LogP contribution in [0.2, 0.25) is 0 Å². The first-order valence-electron chi connectivity index (χ1n) is 6.99. The Morgan fingerprint density at radius 3 is 2.74 bits per heavy atom. The van der Waals surface area contributed by atoms with Gasteiger partial charge < -0.3 is 10.6 Å². The van der Waals surface area contributed by atoms with Crippen molar-refractivity contribution in [3.05, 3.63) is 47.0 Å². The molecule has 23 heavy (non-hydrogen) atoms. The standard InChI is InChI=1S/C16H18FN5O/c1-10-6-13(4-5-15(10)17)19-8-14(22-18)9-23-16-20-7-11(2)12(3)21-16/h4-8H,9,18H2,1-3H3. The minimum absolute atomic E-state index is 0.0860. The van der Waals surface area contributed by atoms with Crippen molar-refractivity contribution in [1.82, 2.24) is 9.97 Å². The van der Waals surface area contributed by atoms with E-state index in [1.54, 1.807) is 25.3 Å². The third kappa shape index (κ3) is 4.57. The molecule has 0 aliphatic heterocycles. The normalized spacial score (nSPS) is 11.9. The molecule has 0 unspecified atom stereocenters. The second-order valence-electron chi connectivity index (χ2n) is 5.02. The smallest absolute Gasteiger partial charge is 0.316 e. The van der Waals surface area contributed by atoms with Crippen molar-refractivity contribution in [3.8, 4) is 6.01 Å². The number of halogens is 1. The monoisotopic (exact) mass is 315 g/mol. The molecule has 2 rings (SSSR count). The second-order valence-corrected chi connectivity index (χ2v) is 5.02. The van der Waals surface area contributed by atoms with Crippen molar-refractivity contribution >= 4 is 17.6 Å². The van der Waals surface area contributed by atoms with E-state index in [4.69, 9.17) is 10.6 Å². The minimum atomic E-state index is -0.271. The highest BCUT2D eigenvalue weighted by Gasteiger charge is 2.04. The van der Waals surface area contributed by atoms with Crippen LogP contribution in [-0.4, -0.2) is 28.5 Å². The van der Waals surface area contributed by atoms with E-state index in [1.807, 2.05) is 13.8 Å². The fourth-order valence-electron chi connectivity index (χ4n) is 1.68. The van der Waals surface area contributed by atoms with Crippen LogP contribution in [0.5, 0.6) is 6.01 Å². The van der Waals surface area contributed by atoms with Gasteiger partial charge in [0.2, 0.25) is 0 Å². The lowest BCUT2D eigenvalue weighted by Crippen LogP contribution is -2.16. The van der Waals surface area contributed by atoms with Crippen molar-refractivity contribution in [1.29, 1.82) is 0 Å². The fraction of sp³-hybridized carbons (Fsp3) is 0.250. The number of aromatic nitrogens is 2. The average Bonchev–Trinajstić information content (AvgIpc) is 2.54. The van der Waals surface area contributed by atoms with Crippen LogP contribution in [0.4, 0.5) is 10.1 Å². The highest BCUT2D eigenvalue weighted by Crippen LogP contribution is 2.16. The van der Waals surface area contributed by atoms with Gasteiger partial charge in [-0.05, 0) is 50.1 Å². The molecule has 0 fully saturated rings. The van der Waals surface area contributed by atoms with Crippen molar-refractivity contribution in [2.45, 2.75) is 20.8 Å². The largest absolute Gasteiger partial charge is 0.457 e.